The Balaban J connectivity index is 2.03. The van der Waals surface area contributed by atoms with Gasteiger partial charge < -0.3 is 10.1 Å². The van der Waals surface area contributed by atoms with Crippen molar-refractivity contribution in [3.63, 3.8) is 0 Å². The molecule has 104 valence electrons. The molecule has 3 heteroatoms. The van der Waals surface area contributed by atoms with Gasteiger partial charge in [0.25, 0.3) is 0 Å². The van der Waals surface area contributed by atoms with Crippen molar-refractivity contribution in [3.05, 3.63) is 64.5 Å². The Kier molecular flexibility index (Phi) is 3.45. The molecule has 1 unspecified atom stereocenters. The highest BCUT2D eigenvalue weighted by molar-refractivity contribution is 5.44. The van der Waals surface area contributed by atoms with E-state index in [1.54, 1.807) is 13.0 Å². The predicted octanol–water partition coefficient (Wildman–Crippen LogP) is 3.38. The third kappa shape index (κ3) is 2.18. The molecule has 1 heterocycles. The lowest BCUT2D eigenvalue weighted by molar-refractivity contribution is 0.357. The van der Waals surface area contributed by atoms with E-state index in [0.29, 0.717) is 11.1 Å². The maximum absolute atomic E-state index is 14.3. The van der Waals surface area contributed by atoms with Crippen molar-refractivity contribution in [3.8, 4) is 5.75 Å². The fraction of sp³-hybridized carbons (Fsp3) is 0.294. The summed E-state index contributed by atoms with van der Waals surface area (Å²) in [6, 6.07) is 11.5. The van der Waals surface area contributed by atoms with Gasteiger partial charge in [-0.25, -0.2) is 4.39 Å². The summed E-state index contributed by atoms with van der Waals surface area (Å²) in [7, 11) is 1.86. The zero-order chi connectivity index (χ0) is 14.1. The van der Waals surface area contributed by atoms with Gasteiger partial charge in [-0.15, -0.1) is 0 Å². The van der Waals surface area contributed by atoms with Crippen LogP contribution in [-0.2, 0) is 6.42 Å². The molecule has 2 nitrogen and oxygen atoms in total. The number of nitrogens with one attached hydrogen (secondary N) is 1. The molecular weight excluding hydrogens is 253 g/mol. The van der Waals surface area contributed by atoms with Crippen LogP contribution >= 0.6 is 0 Å². The second-order valence-electron chi connectivity index (χ2n) is 5.17. The Labute approximate surface area is 118 Å². The molecule has 1 N–H and O–H groups in total. The number of fused-ring (bicyclic) bond motifs is 1. The standard InChI is InChI=1S/C17H18FNO/c1-11-4-3-5-14(16(11)18)17(19-2)13-6-7-15-12(10-13)8-9-20-15/h3-7,10,17,19H,8-9H2,1-2H3. The molecule has 0 aliphatic carbocycles. The molecular formula is C17H18FNO. The lowest BCUT2D eigenvalue weighted by Gasteiger charge is -2.19. The Morgan fingerprint density at radius 3 is 2.90 bits per heavy atom. The van der Waals surface area contributed by atoms with Gasteiger partial charge >= 0.3 is 0 Å². The predicted molar refractivity (Wildman–Crippen MR) is 77.7 cm³/mol. The van der Waals surface area contributed by atoms with Crippen LogP contribution in [0.1, 0.15) is 28.3 Å². The lowest BCUT2D eigenvalue weighted by Crippen LogP contribution is -2.19. The molecule has 1 aliphatic rings. The molecule has 20 heavy (non-hydrogen) atoms. The van der Waals surface area contributed by atoms with Crippen molar-refractivity contribution in [1.29, 1.82) is 0 Å². The summed E-state index contributed by atoms with van der Waals surface area (Å²) in [6.45, 7) is 2.53. The zero-order valence-corrected chi connectivity index (χ0v) is 11.7. The van der Waals surface area contributed by atoms with Crippen LogP contribution in [0.3, 0.4) is 0 Å². The second-order valence-corrected chi connectivity index (χ2v) is 5.17. The summed E-state index contributed by atoms with van der Waals surface area (Å²) in [5, 5.41) is 3.21. The van der Waals surface area contributed by atoms with Crippen molar-refractivity contribution < 1.29 is 9.13 Å². The second kappa shape index (κ2) is 5.25. The Hall–Kier alpha value is -1.87. The molecule has 2 aromatic rings. The minimum absolute atomic E-state index is 0.136. The van der Waals surface area contributed by atoms with Crippen molar-refractivity contribution in [2.45, 2.75) is 19.4 Å². The van der Waals surface area contributed by atoms with Gasteiger partial charge in [0, 0.05) is 12.0 Å². The number of halogens is 1. The van der Waals surface area contributed by atoms with E-state index in [9.17, 15) is 4.39 Å². The Morgan fingerprint density at radius 2 is 2.10 bits per heavy atom. The highest BCUT2D eigenvalue weighted by Crippen LogP contribution is 2.31. The van der Waals surface area contributed by atoms with Gasteiger partial charge in [0.05, 0.1) is 12.6 Å². The first-order valence-electron chi connectivity index (χ1n) is 6.88. The third-order valence-electron chi connectivity index (χ3n) is 3.87. The average molecular weight is 271 g/mol. The summed E-state index contributed by atoms with van der Waals surface area (Å²) in [5.74, 6) is 0.817. The fourth-order valence-electron chi connectivity index (χ4n) is 2.78. The topological polar surface area (TPSA) is 21.3 Å². The van der Waals surface area contributed by atoms with Crippen molar-refractivity contribution >= 4 is 0 Å². The van der Waals surface area contributed by atoms with Crippen molar-refractivity contribution in [2.24, 2.45) is 0 Å². The van der Waals surface area contributed by atoms with Gasteiger partial charge in [0.15, 0.2) is 0 Å². The van der Waals surface area contributed by atoms with Crippen LogP contribution in [0.15, 0.2) is 36.4 Å². The molecule has 0 saturated carbocycles. The summed E-state index contributed by atoms with van der Waals surface area (Å²) in [6.07, 6.45) is 0.926. The van der Waals surface area contributed by atoms with E-state index < -0.39 is 0 Å². The van der Waals surface area contributed by atoms with Crippen LogP contribution in [0.4, 0.5) is 4.39 Å². The minimum atomic E-state index is -0.138. The minimum Gasteiger partial charge on any atom is -0.493 e. The van der Waals surface area contributed by atoms with Crippen LogP contribution in [0, 0.1) is 12.7 Å². The average Bonchev–Trinajstić information content (AvgIpc) is 2.92. The number of aryl methyl sites for hydroxylation is 1. The summed E-state index contributed by atoms with van der Waals surface area (Å²) in [4.78, 5) is 0. The fourth-order valence-corrected chi connectivity index (χ4v) is 2.78. The van der Waals surface area contributed by atoms with Gasteiger partial charge in [0.2, 0.25) is 0 Å². The molecule has 1 aliphatic heterocycles. The maximum Gasteiger partial charge on any atom is 0.131 e. The Bertz CT molecular complexity index is 639. The number of rotatable bonds is 3. The van der Waals surface area contributed by atoms with E-state index in [0.717, 1.165) is 24.3 Å². The molecule has 0 fully saturated rings. The molecule has 0 spiro atoms. The van der Waals surface area contributed by atoms with Crippen LogP contribution in [0.25, 0.3) is 0 Å². The first-order chi connectivity index (χ1) is 9.70. The summed E-state index contributed by atoms with van der Waals surface area (Å²) in [5.41, 5.74) is 3.63. The van der Waals surface area contributed by atoms with Gasteiger partial charge in [-0.3, -0.25) is 0 Å². The molecule has 0 saturated heterocycles. The third-order valence-corrected chi connectivity index (χ3v) is 3.87. The van der Waals surface area contributed by atoms with Gasteiger partial charge in [-0.05, 0) is 36.7 Å². The van der Waals surface area contributed by atoms with E-state index in [1.165, 1.54) is 5.56 Å². The van der Waals surface area contributed by atoms with Crippen LogP contribution in [0.5, 0.6) is 5.75 Å². The highest BCUT2D eigenvalue weighted by Gasteiger charge is 2.20. The first kappa shape index (κ1) is 13.1. The van der Waals surface area contributed by atoms with Crippen LogP contribution < -0.4 is 10.1 Å². The van der Waals surface area contributed by atoms with E-state index in [2.05, 4.69) is 11.4 Å². The molecule has 0 radical (unpaired) electrons. The normalized spacial score (nSPS) is 14.8. The number of ether oxygens (including phenoxy) is 1. The highest BCUT2D eigenvalue weighted by atomic mass is 19.1. The largest absolute Gasteiger partial charge is 0.493 e. The van der Waals surface area contributed by atoms with Crippen LogP contribution in [0.2, 0.25) is 0 Å². The monoisotopic (exact) mass is 271 g/mol. The molecule has 2 aromatic carbocycles. The molecule has 1 atom stereocenters. The van der Waals surface area contributed by atoms with E-state index in [4.69, 9.17) is 4.74 Å². The quantitative estimate of drug-likeness (QED) is 0.924. The van der Waals surface area contributed by atoms with E-state index >= 15 is 0 Å². The number of hydrogen-bond donors (Lipinski definition) is 1. The smallest absolute Gasteiger partial charge is 0.131 e. The number of hydrogen-bond acceptors (Lipinski definition) is 2. The molecule has 0 amide bonds. The first-order valence-corrected chi connectivity index (χ1v) is 6.88. The Morgan fingerprint density at radius 1 is 1.25 bits per heavy atom. The van der Waals surface area contributed by atoms with Crippen molar-refractivity contribution in [1.82, 2.24) is 5.32 Å². The van der Waals surface area contributed by atoms with Crippen molar-refractivity contribution in [2.75, 3.05) is 13.7 Å². The zero-order valence-electron chi connectivity index (χ0n) is 11.7. The van der Waals surface area contributed by atoms with Crippen LogP contribution in [-0.4, -0.2) is 13.7 Å². The molecule has 0 bridgehead atoms. The molecule has 3 rings (SSSR count). The van der Waals surface area contributed by atoms with Gasteiger partial charge in [0.1, 0.15) is 11.6 Å². The van der Waals surface area contributed by atoms with E-state index in [1.807, 2.05) is 31.3 Å². The summed E-state index contributed by atoms with van der Waals surface area (Å²) < 4.78 is 19.9. The number of benzene rings is 2. The lowest BCUT2D eigenvalue weighted by atomic mass is 9.95. The molecule has 0 aromatic heterocycles. The maximum atomic E-state index is 14.3. The van der Waals surface area contributed by atoms with Gasteiger partial charge in [-0.2, -0.15) is 0 Å². The van der Waals surface area contributed by atoms with E-state index in [-0.39, 0.29) is 11.9 Å². The SMILES string of the molecule is CNC(c1ccc2c(c1)CCO2)c1cccc(C)c1F. The summed E-state index contributed by atoms with van der Waals surface area (Å²) >= 11 is 0. The van der Waals surface area contributed by atoms with Gasteiger partial charge in [-0.1, -0.05) is 30.3 Å².